The SMILES string of the molecule is CCO/C=C/c1c(N)cc(Cl)nc1C(=O)OC. The lowest BCUT2D eigenvalue weighted by atomic mass is 10.1. The summed E-state index contributed by atoms with van der Waals surface area (Å²) in [4.78, 5) is 15.4. The summed E-state index contributed by atoms with van der Waals surface area (Å²) in [5, 5.41) is 0.136. The van der Waals surface area contributed by atoms with Crippen molar-refractivity contribution in [1.82, 2.24) is 4.98 Å². The van der Waals surface area contributed by atoms with Gasteiger partial charge in [0.25, 0.3) is 0 Å². The van der Waals surface area contributed by atoms with E-state index in [4.69, 9.17) is 22.1 Å². The minimum absolute atomic E-state index is 0.0634. The zero-order valence-electron chi connectivity index (χ0n) is 9.57. The van der Waals surface area contributed by atoms with Crippen LogP contribution in [-0.4, -0.2) is 24.7 Å². The smallest absolute Gasteiger partial charge is 0.357 e. The molecule has 0 amide bonds. The van der Waals surface area contributed by atoms with Crippen LogP contribution in [0.2, 0.25) is 5.15 Å². The fraction of sp³-hybridized carbons (Fsp3) is 0.273. The van der Waals surface area contributed by atoms with Crippen LogP contribution in [0, 0.1) is 0 Å². The molecule has 0 saturated heterocycles. The monoisotopic (exact) mass is 256 g/mol. The first-order valence-electron chi connectivity index (χ1n) is 4.92. The number of ether oxygens (including phenoxy) is 2. The van der Waals surface area contributed by atoms with Gasteiger partial charge in [0.1, 0.15) is 5.15 Å². The van der Waals surface area contributed by atoms with E-state index in [0.717, 1.165) is 0 Å². The zero-order valence-corrected chi connectivity index (χ0v) is 10.3. The second-order valence-electron chi connectivity index (χ2n) is 3.05. The van der Waals surface area contributed by atoms with Gasteiger partial charge in [-0.2, -0.15) is 0 Å². The van der Waals surface area contributed by atoms with E-state index < -0.39 is 5.97 Å². The number of nitrogens with zero attached hydrogens (tertiary/aromatic N) is 1. The number of carbonyl (C=O) groups excluding carboxylic acids is 1. The topological polar surface area (TPSA) is 74.4 Å². The van der Waals surface area contributed by atoms with E-state index in [2.05, 4.69) is 9.72 Å². The molecule has 0 saturated carbocycles. The number of hydrogen-bond donors (Lipinski definition) is 1. The molecule has 0 spiro atoms. The number of esters is 1. The summed E-state index contributed by atoms with van der Waals surface area (Å²) in [5.74, 6) is -0.602. The number of carbonyl (C=O) groups is 1. The molecule has 1 aromatic heterocycles. The molecule has 2 N–H and O–H groups in total. The van der Waals surface area contributed by atoms with Crippen molar-refractivity contribution in [2.24, 2.45) is 0 Å². The first-order chi connectivity index (χ1) is 8.10. The predicted molar refractivity (Wildman–Crippen MR) is 65.7 cm³/mol. The van der Waals surface area contributed by atoms with Crippen LogP contribution >= 0.6 is 11.6 Å². The Labute approximate surface area is 104 Å². The van der Waals surface area contributed by atoms with E-state index >= 15 is 0 Å². The van der Waals surface area contributed by atoms with Crippen LogP contribution in [0.25, 0.3) is 6.08 Å². The third kappa shape index (κ3) is 3.35. The van der Waals surface area contributed by atoms with Crippen LogP contribution in [0.5, 0.6) is 0 Å². The van der Waals surface area contributed by atoms with Crippen LogP contribution in [0.3, 0.4) is 0 Å². The van der Waals surface area contributed by atoms with E-state index in [1.54, 1.807) is 6.08 Å². The minimum Gasteiger partial charge on any atom is -0.501 e. The fourth-order valence-electron chi connectivity index (χ4n) is 1.18. The van der Waals surface area contributed by atoms with Gasteiger partial charge in [0.05, 0.1) is 20.0 Å². The van der Waals surface area contributed by atoms with Crippen molar-refractivity contribution in [2.45, 2.75) is 6.92 Å². The molecule has 0 fully saturated rings. The van der Waals surface area contributed by atoms with E-state index in [-0.39, 0.29) is 10.8 Å². The van der Waals surface area contributed by atoms with Gasteiger partial charge in [-0.25, -0.2) is 9.78 Å². The molecule has 0 aliphatic heterocycles. The molecule has 1 rings (SSSR count). The largest absolute Gasteiger partial charge is 0.501 e. The molecular weight excluding hydrogens is 244 g/mol. The van der Waals surface area contributed by atoms with Gasteiger partial charge in [0.15, 0.2) is 5.69 Å². The molecule has 17 heavy (non-hydrogen) atoms. The van der Waals surface area contributed by atoms with E-state index in [1.807, 2.05) is 6.92 Å². The van der Waals surface area contributed by atoms with Gasteiger partial charge in [0.2, 0.25) is 0 Å². The second-order valence-corrected chi connectivity index (χ2v) is 3.43. The van der Waals surface area contributed by atoms with Crippen LogP contribution in [0.4, 0.5) is 5.69 Å². The number of anilines is 1. The molecule has 1 heterocycles. The fourth-order valence-corrected chi connectivity index (χ4v) is 1.38. The maximum atomic E-state index is 11.5. The molecular formula is C11H13ClN2O3. The summed E-state index contributed by atoms with van der Waals surface area (Å²) in [5.41, 5.74) is 6.58. The molecule has 0 bridgehead atoms. The van der Waals surface area contributed by atoms with Crippen molar-refractivity contribution < 1.29 is 14.3 Å². The number of rotatable bonds is 4. The second kappa shape index (κ2) is 6.10. The van der Waals surface area contributed by atoms with Gasteiger partial charge in [0, 0.05) is 11.3 Å². The van der Waals surface area contributed by atoms with Gasteiger partial charge in [-0.15, -0.1) is 0 Å². The molecule has 0 aromatic carbocycles. The number of methoxy groups -OCH3 is 1. The van der Waals surface area contributed by atoms with Crippen molar-refractivity contribution >= 4 is 29.3 Å². The molecule has 5 nitrogen and oxygen atoms in total. The normalized spacial score (nSPS) is 10.5. The van der Waals surface area contributed by atoms with E-state index in [9.17, 15) is 4.79 Å². The quantitative estimate of drug-likeness (QED) is 0.507. The van der Waals surface area contributed by atoms with E-state index in [1.165, 1.54) is 19.4 Å². The van der Waals surface area contributed by atoms with Crippen molar-refractivity contribution in [3.8, 4) is 0 Å². The Balaban J connectivity index is 3.20. The number of nitrogen functional groups attached to an aromatic ring is 1. The highest BCUT2D eigenvalue weighted by Crippen LogP contribution is 2.22. The number of nitrogens with two attached hydrogens (primary N) is 1. The van der Waals surface area contributed by atoms with Crippen molar-refractivity contribution in [3.05, 3.63) is 28.7 Å². The lowest BCUT2D eigenvalue weighted by Gasteiger charge is -2.07. The van der Waals surface area contributed by atoms with Gasteiger partial charge in [-0.1, -0.05) is 11.6 Å². The van der Waals surface area contributed by atoms with Gasteiger partial charge in [-0.3, -0.25) is 0 Å². The van der Waals surface area contributed by atoms with Gasteiger partial charge >= 0.3 is 5.97 Å². The third-order valence-electron chi connectivity index (χ3n) is 1.94. The molecule has 0 atom stereocenters. The molecule has 0 radical (unpaired) electrons. The minimum atomic E-state index is -0.602. The van der Waals surface area contributed by atoms with E-state index in [0.29, 0.717) is 17.9 Å². The Morgan fingerprint density at radius 1 is 1.65 bits per heavy atom. The summed E-state index contributed by atoms with van der Waals surface area (Å²) in [6.07, 6.45) is 2.99. The van der Waals surface area contributed by atoms with Crippen LogP contribution in [0.15, 0.2) is 12.3 Å². The Kier molecular flexibility index (Phi) is 4.78. The lowest BCUT2D eigenvalue weighted by Crippen LogP contribution is -2.09. The molecule has 6 heteroatoms. The van der Waals surface area contributed by atoms with Crippen molar-refractivity contribution in [2.75, 3.05) is 19.5 Å². The summed E-state index contributed by atoms with van der Waals surface area (Å²) in [6.45, 7) is 2.36. The average Bonchev–Trinajstić information content (AvgIpc) is 2.30. The summed E-state index contributed by atoms with van der Waals surface area (Å²) in [7, 11) is 1.26. The molecule has 1 aromatic rings. The average molecular weight is 257 g/mol. The maximum absolute atomic E-state index is 11.5. The zero-order chi connectivity index (χ0) is 12.8. The first kappa shape index (κ1) is 13.3. The summed E-state index contributed by atoms with van der Waals surface area (Å²) < 4.78 is 9.64. The predicted octanol–water partition coefficient (Wildman–Crippen LogP) is 2.11. The number of hydrogen-bond acceptors (Lipinski definition) is 5. The highest BCUT2D eigenvalue weighted by atomic mass is 35.5. The third-order valence-corrected chi connectivity index (χ3v) is 2.13. The molecule has 0 aliphatic carbocycles. The highest BCUT2D eigenvalue weighted by molar-refractivity contribution is 6.30. The summed E-state index contributed by atoms with van der Waals surface area (Å²) in [6, 6.07) is 1.46. The molecule has 92 valence electrons. The Morgan fingerprint density at radius 3 is 2.94 bits per heavy atom. The number of aromatic nitrogens is 1. The van der Waals surface area contributed by atoms with Crippen LogP contribution in [0.1, 0.15) is 23.0 Å². The molecule has 0 aliphatic rings. The lowest BCUT2D eigenvalue weighted by molar-refractivity contribution is 0.0594. The maximum Gasteiger partial charge on any atom is 0.357 e. The van der Waals surface area contributed by atoms with Crippen molar-refractivity contribution in [3.63, 3.8) is 0 Å². The Morgan fingerprint density at radius 2 is 2.35 bits per heavy atom. The molecule has 0 unspecified atom stereocenters. The van der Waals surface area contributed by atoms with Crippen LogP contribution < -0.4 is 5.73 Å². The van der Waals surface area contributed by atoms with Gasteiger partial charge in [-0.05, 0) is 19.1 Å². The standard InChI is InChI=1S/C11H13ClN2O3/c1-3-17-5-4-7-8(13)6-9(12)14-10(7)11(15)16-2/h4-6H,3H2,1-2H3,(H2,13,14)/b5-4+. The first-order valence-corrected chi connectivity index (χ1v) is 5.30. The Hall–Kier alpha value is -1.75. The highest BCUT2D eigenvalue weighted by Gasteiger charge is 2.16. The number of pyridine rings is 1. The van der Waals surface area contributed by atoms with Crippen molar-refractivity contribution in [1.29, 1.82) is 0 Å². The number of halogens is 1. The van der Waals surface area contributed by atoms with Gasteiger partial charge < -0.3 is 15.2 Å². The summed E-state index contributed by atoms with van der Waals surface area (Å²) >= 11 is 5.73. The van der Waals surface area contributed by atoms with Crippen LogP contribution in [-0.2, 0) is 9.47 Å². The Bertz CT molecular complexity index is 447.